The molecule has 0 spiro atoms. The molecule has 2 heteroatoms. The highest BCUT2D eigenvalue weighted by molar-refractivity contribution is 6.14. The summed E-state index contributed by atoms with van der Waals surface area (Å²) in [6, 6.07) is 94.6. The zero-order valence-corrected chi connectivity index (χ0v) is 40.6. The predicted molar refractivity (Wildman–Crippen MR) is 309 cm³/mol. The monoisotopic (exact) mass is 928 g/mol. The summed E-state index contributed by atoms with van der Waals surface area (Å²) in [5.41, 5.74) is 22.3. The predicted octanol–water partition coefficient (Wildman–Crippen LogP) is 19.2. The van der Waals surface area contributed by atoms with Gasteiger partial charge in [-0.15, -0.1) is 0 Å². The fraction of sp³-hybridized carbons (Fsp3) is 0.0423. The Balaban J connectivity index is 0.748. The Labute approximate surface area is 424 Å². The molecular weight excluding hydrogens is 881 g/mol. The highest BCUT2D eigenvalue weighted by Gasteiger charge is 2.36. The third-order valence-corrected chi connectivity index (χ3v) is 16.1. The number of rotatable bonds is 6. The van der Waals surface area contributed by atoms with E-state index in [0.717, 1.165) is 0 Å². The van der Waals surface area contributed by atoms with E-state index in [2.05, 4.69) is 278 Å². The normalized spacial score (nSPS) is 12.9. The topological polar surface area (TPSA) is 9.86 Å². The van der Waals surface area contributed by atoms with E-state index in [0.29, 0.717) is 0 Å². The van der Waals surface area contributed by atoms with Crippen LogP contribution in [0.1, 0.15) is 25.0 Å². The van der Waals surface area contributed by atoms with Crippen molar-refractivity contribution in [3.8, 4) is 67.0 Å². The third kappa shape index (κ3) is 6.30. The van der Waals surface area contributed by atoms with E-state index in [1.807, 2.05) is 0 Å². The summed E-state index contributed by atoms with van der Waals surface area (Å²) in [5.74, 6) is 0. The van der Waals surface area contributed by atoms with Crippen LogP contribution in [0.25, 0.3) is 132 Å². The summed E-state index contributed by atoms with van der Waals surface area (Å²) in [4.78, 5) is 0. The smallest absolute Gasteiger partial charge is 0.0541 e. The maximum atomic E-state index is 2.46. The number of aromatic nitrogens is 2. The van der Waals surface area contributed by atoms with Crippen LogP contribution < -0.4 is 0 Å². The molecule has 1 aliphatic carbocycles. The van der Waals surface area contributed by atoms with Gasteiger partial charge in [-0.3, -0.25) is 0 Å². The quantitative estimate of drug-likeness (QED) is 0.157. The average Bonchev–Trinajstić information content (AvgIpc) is 4.04. The highest BCUT2D eigenvalue weighted by Crippen LogP contribution is 2.51. The molecule has 0 unspecified atom stereocenters. The van der Waals surface area contributed by atoms with Gasteiger partial charge < -0.3 is 9.13 Å². The van der Waals surface area contributed by atoms with E-state index in [1.165, 1.54) is 143 Å². The SMILES string of the molecule is CC1(C)c2cc(-c3ccc(-c4ccc5c(c4)c4ccccc4n5-c4cccc5ccccc45)cc3)ccc2-c2ccc(-c3ccc(-c4ccc5c(c4)c4ccccc4n5-c4ccccc4)c4ccccc34)cc21. The van der Waals surface area contributed by atoms with Gasteiger partial charge in [0.25, 0.3) is 0 Å². The van der Waals surface area contributed by atoms with E-state index < -0.39 is 0 Å². The van der Waals surface area contributed by atoms with Gasteiger partial charge in [0, 0.05) is 38.0 Å². The number of hydrogen-bond acceptors (Lipinski definition) is 0. The maximum absolute atomic E-state index is 2.46. The highest BCUT2D eigenvalue weighted by atomic mass is 15.0. The van der Waals surface area contributed by atoms with Crippen LogP contribution >= 0.6 is 0 Å². The van der Waals surface area contributed by atoms with Crippen molar-refractivity contribution in [2.45, 2.75) is 19.3 Å². The first kappa shape index (κ1) is 41.5. The van der Waals surface area contributed by atoms with Crippen LogP contribution in [0.4, 0.5) is 0 Å². The lowest BCUT2D eigenvalue weighted by Crippen LogP contribution is -2.15. The number of nitrogens with zero attached hydrogens (tertiary/aromatic N) is 2. The largest absolute Gasteiger partial charge is 0.309 e. The van der Waals surface area contributed by atoms with Crippen molar-refractivity contribution < 1.29 is 0 Å². The van der Waals surface area contributed by atoms with E-state index in [1.54, 1.807) is 0 Å². The lowest BCUT2D eigenvalue weighted by atomic mass is 9.80. The summed E-state index contributed by atoms with van der Waals surface area (Å²) in [5, 5.41) is 10.1. The van der Waals surface area contributed by atoms with Gasteiger partial charge in [-0.2, -0.15) is 0 Å². The summed E-state index contributed by atoms with van der Waals surface area (Å²) < 4.78 is 4.82. The average molecular weight is 929 g/mol. The molecule has 73 heavy (non-hydrogen) atoms. The molecule has 2 aromatic heterocycles. The van der Waals surface area contributed by atoms with Crippen molar-refractivity contribution in [3.05, 3.63) is 266 Å². The molecule has 0 bridgehead atoms. The Kier molecular flexibility index (Phi) is 9.04. The van der Waals surface area contributed by atoms with Gasteiger partial charge in [0.2, 0.25) is 0 Å². The van der Waals surface area contributed by atoms with Gasteiger partial charge in [-0.25, -0.2) is 0 Å². The number of hydrogen-bond donors (Lipinski definition) is 0. The fourth-order valence-electron chi connectivity index (χ4n) is 12.6. The Morgan fingerprint density at radius 2 is 0.671 bits per heavy atom. The van der Waals surface area contributed by atoms with Crippen molar-refractivity contribution >= 4 is 65.2 Å². The minimum Gasteiger partial charge on any atom is -0.309 e. The molecule has 12 aromatic carbocycles. The molecule has 0 saturated carbocycles. The molecule has 0 radical (unpaired) electrons. The molecule has 0 amide bonds. The first-order chi connectivity index (χ1) is 36.0. The first-order valence-corrected chi connectivity index (χ1v) is 25.5. The van der Waals surface area contributed by atoms with Gasteiger partial charge in [0.15, 0.2) is 0 Å². The molecule has 0 N–H and O–H groups in total. The Hall–Kier alpha value is -9.24. The van der Waals surface area contributed by atoms with Crippen molar-refractivity contribution in [1.82, 2.24) is 9.13 Å². The zero-order valence-electron chi connectivity index (χ0n) is 40.6. The van der Waals surface area contributed by atoms with E-state index in [4.69, 9.17) is 0 Å². The van der Waals surface area contributed by atoms with Crippen LogP contribution in [-0.4, -0.2) is 9.13 Å². The third-order valence-electron chi connectivity index (χ3n) is 16.1. The lowest BCUT2D eigenvalue weighted by molar-refractivity contribution is 0.661. The van der Waals surface area contributed by atoms with Gasteiger partial charge >= 0.3 is 0 Å². The standard InChI is InChI=1S/C71H48N2/c1-71(2)64-43-49(46-29-27-45(28-30-46)48-33-39-70-62(41-48)61-23-11-13-25-68(61)73(70)66-26-14-16-47-15-6-7-19-55(47)66)31-35-58(64)59-36-32-51(44-65(59)71)54-38-37-53(56-20-8-9-21-57(54)56)50-34-40-69-63(42-50)60-22-10-12-24-67(60)72(69)52-17-4-3-5-18-52/h3-44H,1-2H3. The molecule has 2 heterocycles. The molecular formula is C71H48N2. The summed E-state index contributed by atoms with van der Waals surface area (Å²) >= 11 is 0. The Bertz CT molecular complexity index is 4560. The minimum absolute atomic E-state index is 0.179. The van der Waals surface area contributed by atoms with Crippen LogP contribution in [0.15, 0.2) is 255 Å². The van der Waals surface area contributed by atoms with E-state index in [-0.39, 0.29) is 5.41 Å². The number of benzene rings is 12. The van der Waals surface area contributed by atoms with Gasteiger partial charge in [0.1, 0.15) is 0 Å². The van der Waals surface area contributed by atoms with Gasteiger partial charge in [-0.05, 0) is 150 Å². The van der Waals surface area contributed by atoms with Crippen molar-refractivity contribution in [2.24, 2.45) is 0 Å². The maximum Gasteiger partial charge on any atom is 0.0541 e. The summed E-state index contributed by atoms with van der Waals surface area (Å²) in [7, 11) is 0. The zero-order chi connectivity index (χ0) is 48.4. The second kappa shape index (κ2) is 15.9. The van der Waals surface area contributed by atoms with Crippen molar-refractivity contribution in [3.63, 3.8) is 0 Å². The molecule has 2 nitrogen and oxygen atoms in total. The molecule has 15 rings (SSSR count). The van der Waals surface area contributed by atoms with Crippen LogP contribution in [0.3, 0.4) is 0 Å². The molecule has 342 valence electrons. The van der Waals surface area contributed by atoms with Gasteiger partial charge in [0.05, 0.1) is 27.8 Å². The van der Waals surface area contributed by atoms with E-state index >= 15 is 0 Å². The van der Waals surface area contributed by atoms with Crippen molar-refractivity contribution in [1.29, 1.82) is 0 Å². The Morgan fingerprint density at radius 1 is 0.260 bits per heavy atom. The van der Waals surface area contributed by atoms with Crippen LogP contribution in [-0.2, 0) is 5.41 Å². The number of fused-ring (bicyclic) bond motifs is 11. The number of para-hydroxylation sites is 3. The molecule has 14 aromatic rings. The van der Waals surface area contributed by atoms with Crippen molar-refractivity contribution in [2.75, 3.05) is 0 Å². The molecule has 0 saturated heterocycles. The molecule has 1 aliphatic rings. The second-order valence-electron chi connectivity index (χ2n) is 20.4. The minimum atomic E-state index is -0.179. The lowest BCUT2D eigenvalue weighted by Gasteiger charge is -2.23. The summed E-state index contributed by atoms with van der Waals surface area (Å²) in [6.07, 6.45) is 0. The van der Waals surface area contributed by atoms with Crippen LogP contribution in [0, 0.1) is 0 Å². The second-order valence-corrected chi connectivity index (χ2v) is 20.4. The summed E-state index contributed by atoms with van der Waals surface area (Å²) in [6.45, 7) is 4.79. The van der Waals surface area contributed by atoms with E-state index in [9.17, 15) is 0 Å². The van der Waals surface area contributed by atoms with Gasteiger partial charge in [-0.1, -0.05) is 202 Å². The molecule has 0 fully saturated rings. The van der Waals surface area contributed by atoms with Crippen LogP contribution in [0.5, 0.6) is 0 Å². The fourth-order valence-corrected chi connectivity index (χ4v) is 12.6. The first-order valence-electron chi connectivity index (χ1n) is 25.5. The molecule has 0 atom stereocenters. The van der Waals surface area contributed by atoms with Crippen LogP contribution in [0.2, 0.25) is 0 Å². The molecule has 0 aliphatic heterocycles. The Morgan fingerprint density at radius 3 is 1.33 bits per heavy atom.